The summed E-state index contributed by atoms with van der Waals surface area (Å²) in [4.78, 5) is 6.83. The van der Waals surface area contributed by atoms with Crippen LogP contribution in [0, 0.1) is 11.8 Å². The number of nitrogens with one attached hydrogen (secondary N) is 2. The van der Waals surface area contributed by atoms with Crippen LogP contribution in [0.5, 0.6) is 0 Å². The fourth-order valence-corrected chi connectivity index (χ4v) is 3.29. The zero-order valence-electron chi connectivity index (χ0n) is 17.3. The average Bonchev–Trinajstić information content (AvgIpc) is 3.14. The van der Waals surface area contributed by atoms with Crippen molar-refractivity contribution in [3.8, 4) is 0 Å². The summed E-state index contributed by atoms with van der Waals surface area (Å²) in [6.07, 6.45) is 1.14. The second kappa shape index (κ2) is 11.8. The number of hydrogen-bond acceptors (Lipinski definition) is 4. The van der Waals surface area contributed by atoms with Gasteiger partial charge < -0.3 is 25.0 Å². The maximum Gasteiger partial charge on any atom is 0.193 e. The number of guanidine groups is 1. The number of likely N-dealkylation sites (tertiary alicyclic amines) is 1. The third kappa shape index (κ3) is 7.39. The third-order valence-electron chi connectivity index (χ3n) is 4.99. The van der Waals surface area contributed by atoms with Crippen LogP contribution in [0.3, 0.4) is 0 Å². The van der Waals surface area contributed by atoms with Gasteiger partial charge in [-0.2, -0.15) is 0 Å². The van der Waals surface area contributed by atoms with Crippen LogP contribution in [0.4, 0.5) is 5.69 Å². The topological polar surface area (TPSA) is 58.1 Å². The van der Waals surface area contributed by atoms with Gasteiger partial charge in [0.25, 0.3) is 0 Å². The van der Waals surface area contributed by atoms with Gasteiger partial charge in [-0.1, -0.05) is 32.0 Å². The summed E-state index contributed by atoms with van der Waals surface area (Å²) in [5.41, 5.74) is 1.16. The Kier molecular flexibility index (Phi) is 9.42. The number of anilines is 1. The Balaban J connectivity index is 1.80. The van der Waals surface area contributed by atoms with Crippen molar-refractivity contribution in [1.82, 2.24) is 10.2 Å². The van der Waals surface area contributed by atoms with E-state index in [-0.39, 0.29) is 0 Å². The summed E-state index contributed by atoms with van der Waals surface area (Å²) in [6.45, 7) is 9.46. The summed E-state index contributed by atoms with van der Waals surface area (Å²) in [5.74, 6) is 2.05. The van der Waals surface area contributed by atoms with E-state index in [1.807, 2.05) is 13.1 Å². The lowest BCUT2D eigenvalue weighted by Gasteiger charge is -2.27. The van der Waals surface area contributed by atoms with Crippen LogP contribution >= 0.6 is 0 Å². The van der Waals surface area contributed by atoms with Gasteiger partial charge >= 0.3 is 0 Å². The van der Waals surface area contributed by atoms with E-state index in [9.17, 15) is 0 Å². The zero-order valence-corrected chi connectivity index (χ0v) is 17.3. The first-order valence-corrected chi connectivity index (χ1v) is 9.98. The van der Waals surface area contributed by atoms with Crippen LogP contribution in [-0.4, -0.2) is 70.5 Å². The molecular formula is C21H36N4O2. The molecule has 2 rings (SSSR count). The Morgan fingerprint density at radius 1 is 1.26 bits per heavy atom. The highest BCUT2D eigenvalue weighted by Crippen LogP contribution is 2.17. The maximum atomic E-state index is 5.69. The van der Waals surface area contributed by atoms with E-state index in [1.54, 1.807) is 7.11 Å². The zero-order chi connectivity index (χ0) is 19.5. The van der Waals surface area contributed by atoms with Gasteiger partial charge in [-0.15, -0.1) is 0 Å². The van der Waals surface area contributed by atoms with Crippen molar-refractivity contribution in [2.45, 2.75) is 26.3 Å². The Bertz CT molecular complexity index is 550. The highest BCUT2D eigenvalue weighted by molar-refractivity contribution is 5.80. The minimum Gasteiger partial charge on any atom is -0.382 e. The van der Waals surface area contributed by atoms with Crippen LogP contribution in [0.15, 0.2) is 35.3 Å². The van der Waals surface area contributed by atoms with Gasteiger partial charge in [0.15, 0.2) is 5.96 Å². The number of methoxy groups -OCH3 is 1. The van der Waals surface area contributed by atoms with Crippen molar-refractivity contribution >= 4 is 11.6 Å². The van der Waals surface area contributed by atoms with E-state index >= 15 is 0 Å². The van der Waals surface area contributed by atoms with Crippen molar-refractivity contribution in [3.63, 3.8) is 0 Å². The smallest absolute Gasteiger partial charge is 0.193 e. The number of hydrogen-bond donors (Lipinski definition) is 2. The molecule has 2 N–H and O–H groups in total. The highest BCUT2D eigenvalue weighted by atomic mass is 16.5. The first-order valence-electron chi connectivity index (χ1n) is 9.98. The van der Waals surface area contributed by atoms with Gasteiger partial charge in [0, 0.05) is 51.4 Å². The van der Waals surface area contributed by atoms with E-state index < -0.39 is 0 Å². The quantitative estimate of drug-likeness (QED) is 0.374. The minimum atomic E-state index is 0.333. The molecule has 1 aliphatic rings. The lowest BCUT2D eigenvalue weighted by molar-refractivity contribution is 0.0536. The Labute approximate surface area is 164 Å². The van der Waals surface area contributed by atoms with E-state index in [1.165, 1.54) is 0 Å². The normalized spacial score (nSPS) is 18.8. The minimum absolute atomic E-state index is 0.333. The van der Waals surface area contributed by atoms with E-state index in [0.717, 1.165) is 44.3 Å². The molecule has 0 aromatic heterocycles. The first-order chi connectivity index (χ1) is 13.1. The average molecular weight is 377 g/mol. The summed E-state index contributed by atoms with van der Waals surface area (Å²) in [7, 11) is 3.56. The maximum absolute atomic E-state index is 5.69. The molecule has 0 radical (unpaired) electrons. The van der Waals surface area contributed by atoms with Crippen molar-refractivity contribution in [2.24, 2.45) is 16.8 Å². The molecule has 0 spiro atoms. The second-order valence-corrected chi connectivity index (χ2v) is 7.46. The molecule has 6 nitrogen and oxygen atoms in total. The summed E-state index contributed by atoms with van der Waals surface area (Å²) < 4.78 is 10.7. The van der Waals surface area contributed by atoms with Crippen molar-refractivity contribution in [3.05, 3.63) is 30.3 Å². The molecule has 0 bridgehead atoms. The second-order valence-electron chi connectivity index (χ2n) is 7.46. The first kappa shape index (κ1) is 21.5. The summed E-state index contributed by atoms with van der Waals surface area (Å²) >= 11 is 0. The number of rotatable bonds is 10. The van der Waals surface area contributed by atoms with Gasteiger partial charge in [-0.25, -0.2) is 0 Å². The summed E-state index contributed by atoms with van der Waals surface area (Å²) in [6, 6.07) is 10.7. The van der Waals surface area contributed by atoms with E-state index in [4.69, 9.17) is 9.47 Å². The lowest BCUT2D eigenvalue weighted by atomic mass is 10.0. The molecule has 1 aromatic rings. The number of nitrogens with zero attached hydrogens (tertiary/aromatic N) is 2. The molecule has 27 heavy (non-hydrogen) atoms. The molecule has 152 valence electrons. The van der Waals surface area contributed by atoms with Gasteiger partial charge in [0.2, 0.25) is 0 Å². The fraction of sp³-hybridized carbons (Fsp3) is 0.667. The van der Waals surface area contributed by atoms with Crippen molar-refractivity contribution < 1.29 is 9.47 Å². The Morgan fingerprint density at radius 2 is 2.04 bits per heavy atom. The highest BCUT2D eigenvalue weighted by Gasteiger charge is 2.25. The summed E-state index contributed by atoms with van der Waals surface area (Å²) in [5, 5.41) is 7.19. The molecule has 0 aliphatic carbocycles. The van der Waals surface area contributed by atoms with Crippen molar-refractivity contribution in [1.29, 1.82) is 0 Å². The van der Waals surface area contributed by atoms with Gasteiger partial charge in [0.1, 0.15) is 0 Å². The Morgan fingerprint density at radius 3 is 2.70 bits per heavy atom. The molecule has 2 atom stereocenters. The third-order valence-corrected chi connectivity index (χ3v) is 4.99. The SMILES string of the molecule is CN=C(NCC(Nc1ccccc1)C(C)C)N1CCC(COCCOC)C1. The number of ether oxygens (including phenoxy) is 2. The standard InChI is InChI=1S/C21H36N4O2/c1-17(2)20(24-19-8-6-5-7-9-19)14-23-21(22-3)25-11-10-18(15-25)16-27-13-12-26-4/h5-9,17-18,20,24H,10-16H2,1-4H3,(H,22,23). The van der Waals surface area contributed by atoms with Gasteiger partial charge in [0.05, 0.1) is 19.8 Å². The molecule has 0 amide bonds. The molecular weight excluding hydrogens is 340 g/mol. The predicted octanol–water partition coefficient (Wildman–Crippen LogP) is 2.68. The van der Waals surface area contributed by atoms with Crippen LogP contribution in [0.1, 0.15) is 20.3 Å². The van der Waals surface area contributed by atoms with Crippen LogP contribution in [0.25, 0.3) is 0 Å². The number of aliphatic imine (C=N–C) groups is 1. The number of para-hydroxylation sites is 1. The number of benzene rings is 1. The molecule has 0 saturated carbocycles. The monoisotopic (exact) mass is 376 g/mol. The molecule has 1 fully saturated rings. The molecule has 6 heteroatoms. The van der Waals surface area contributed by atoms with Crippen LogP contribution in [-0.2, 0) is 9.47 Å². The Hall–Kier alpha value is -1.79. The lowest BCUT2D eigenvalue weighted by Crippen LogP contribution is -2.46. The fourth-order valence-electron chi connectivity index (χ4n) is 3.29. The molecule has 1 saturated heterocycles. The van der Waals surface area contributed by atoms with Crippen LogP contribution in [0.2, 0.25) is 0 Å². The largest absolute Gasteiger partial charge is 0.382 e. The van der Waals surface area contributed by atoms with Crippen LogP contribution < -0.4 is 10.6 Å². The predicted molar refractivity (Wildman–Crippen MR) is 112 cm³/mol. The molecule has 1 heterocycles. The van der Waals surface area contributed by atoms with E-state index in [0.29, 0.717) is 31.1 Å². The molecule has 1 aromatic carbocycles. The van der Waals surface area contributed by atoms with Gasteiger partial charge in [-0.05, 0) is 24.5 Å². The molecule has 1 aliphatic heterocycles. The molecule has 2 unspecified atom stereocenters. The van der Waals surface area contributed by atoms with Crippen molar-refractivity contribution in [2.75, 3.05) is 58.9 Å². The van der Waals surface area contributed by atoms with Gasteiger partial charge in [-0.3, -0.25) is 4.99 Å². The van der Waals surface area contributed by atoms with E-state index in [2.05, 4.69) is 58.6 Å².